The summed E-state index contributed by atoms with van der Waals surface area (Å²) in [4.78, 5) is 25.1. The zero-order chi connectivity index (χ0) is 17.2. The number of hydrogen-bond acceptors (Lipinski definition) is 4. The highest BCUT2D eigenvalue weighted by Gasteiger charge is 2.40. The number of likely N-dealkylation sites (tertiary alicyclic amines) is 1. The van der Waals surface area contributed by atoms with Crippen LogP contribution in [0.1, 0.15) is 36.8 Å². The van der Waals surface area contributed by atoms with Crippen LogP contribution in [0.3, 0.4) is 0 Å². The summed E-state index contributed by atoms with van der Waals surface area (Å²) < 4.78 is 5.63. The highest BCUT2D eigenvalue weighted by Crippen LogP contribution is 2.26. The predicted molar refractivity (Wildman–Crippen MR) is 88.5 cm³/mol. The number of carbonyl (C=O) groups excluding carboxylic acids is 2. The lowest BCUT2D eigenvalue weighted by molar-refractivity contribution is -0.150. The van der Waals surface area contributed by atoms with Crippen LogP contribution in [0.15, 0.2) is 18.2 Å². The highest BCUT2D eigenvalue weighted by molar-refractivity contribution is 5.85. The molecule has 3 rings (SSSR count). The fourth-order valence-electron chi connectivity index (χ4n) is 3.49. The summed E-state index contributed by atoms with van der Waals surface area (Å²) in [6, 6.07) is 5.98. The van der Waals surface area contributed by atoms with Gasteiger partial charge >= 0.3 is 0 Å². The fourth-order valence-corrected chi connectivity index (χ4v) is 3.49. The first-order valence-corrected chi connectivity index (χ1v) is 8.53. The van der Waals surface area contributed by atoms with E-state index in [2.05, 4.69) is 6.07 Å². The van der Waals surface area contributed by atoms with Gasteiger partial charge in [0.05, 0.1) is 6.54 Å². The van der Waals surface area contributed by atoms with Crippen molar-refractivity contribution in [1.82, 2.24) is 4.90 Å². The van der Waals surface area contributed by atoms with Crippen LogP contribution in [-0.4, -0.2) is 47.1 Å². The van der Waals surface area contributed by atoms with E-state index in [1.54, 1.807) is 0 Å². The van der Waals surface area contributed by atoms with E-state index in [4.69, 9.17) is 10.5 Å². The molecule has 1 atom stereocenters. The van der Waals surface area contributed by atoms with E-state index in [1.165, 1.54) is 28.9 Å². The molecule has 0 bridgehead atoms. The van der Waals surface area contributed by atoms with E-state index >= 15 is 0 Å². The standard InChI is InChI=1S/C18H24N2O4/c19-17(22)18(23)8-3-9-20(12-18)16(21)11-24-15-7-6-13-4-1-2-5-14(13)10-15/h6-7,10,23H,1-5,8-9,11-12H2,(H2,19,22)/t18-/m1/s1. The first kappa shape index (κ1) is 16.8. The molecular formula is C18H24N2O4. The number of amides is 2. The number of aliphatic hydroxyl groups is 1. The lowest BCUT2D eigenvalue weighted by Crippen LogP contribution is -2.57. The first-order valence-electron chi connectivity index (χ1n) is 8.53. The van der Waals surface area contributed by atoms with Crippen LogP contribution >= 0.6 is 0 Å². The number of benzene rings is 1. The Morgan fingerprint density at radius 1 is 1.21 bits per heavy atom. The lowest BCUT2D eigenvalue weighted by Gasteiger charge is -2.36. The molecule has 1 heterocycles. The van der Waals surface area contributed by atoms with Crippen molar-refractivity contribution in [2.75, 3.05) is 19.7 Å². The zero-order valence-corrected chi connectivity index (χ0v) is 13.8. The Morgan fingerprint density at radius 3 is 2.71 bits per heavy atom. The van der Waals surface area contributed by atoms with Crippen molar-refractivity contribution in [1.29, 1.82) is 0 Å². The molecule has 2 amide bonds. The van der Waals surface area contributed by atoms with Gasteiger partial charge in [-0.1, -0.05) is 6.07 Å². The van der Waals surface area contributed by atoms with Crippen molar-refractivity contribution in [2.45, 2.75) is 44.1 Å². The zero-order valence-electron chi connectivity index (χ0n) is 13.8. The Morgan fingerprint density at radius 2 is 1.96 bits per heavy atom. The maximum atomic E-state index is 12.3. The summed E-state index contributed by atoms with van der Waals surface area (Å²) in [6.07, 6.45) is 5.41. The van der Waals surface area contributed by atoms with Gasteiger partial charge in [-0.2, -0.15) is 0 Å². The number of nitrogens with two attached hydrogens (primary N) is 1. The van der Waals surface area contributed by atoms with Crippen LogP contribution in [0, 0.1) is 0 Å². The van der Waals surface area contributed by atoms with E-state index in [0.29, 0.717) is 18.7 Å². The van der Waals surface area contributed by atoms with E-state index in [1.807, 2.05) is 12.1 Å². The molecule has 24 heavy (non-hydrogen) atoms. The number of primary amides is 1. The van der Waals surface area contributed by atoms with Crippen LogP contribution < -0.4 is 10.5 Å². The molecule has 1 aliphatic heterocycles. The fraction of sp³-hybridized carbons (Fsp3) is 0.556. The summed E-state index contributed by atoms with van der Waals surface area (Å²) in [7, 11) is 0. The molecule has 0 spiro atoms. The molecule has 3 N–H and O–H groups in total. The van der Waals surface area contributed by atoms with Gasteiger partial charge < -0.3 is 20.5 Å². The summed E-state index contributed by atoms with van der Waals surface area (Å²) >= 11 is 0. The van der Waals surface area contributed by atoms with Gasteiger partial charge in [0.25, 0.3) is 11.8 Å². The van der Waals surface area contributed by atoms with E-state index in [9.17, 15) is 14.7 Å². The van der Waals surface area contributed by atoms with Crippen molar-refractivity contribution in [3.63, 3.8) is 0 Å². The number of nitrogens with zero attached hydrogens (tertiary/aromatic N) is 1. The molecule has 130 valence electrons. The van der Waals surface area contributed by atoms with Gasteiger partial charge in [0.15, 0.2) is 12.2 Å². The molecule has 1 aromatic carbocycles. The monoisotopic (exact) mass is 332 g/mol. The minimum absolute atomic E-state index is 0.0608. The first-order chi connectivity index (χ1) is 11.5. The maximum Gasteiger partial charge on any atom is 0.260 e. The molecule has 0 unspecified atom stereocenters. The van der Waals surface area contributed by atoms with E-state index < -0.39 is 11.5 Å². The number of fused-ring (bicyclic) bond motifs is 1. The molecule has 0 saturated carbocycles. The Bertz CT molecular complexity index is 646. The number of hydrogen-bond donors (Lipinski definition) is 2. The molecule has 1 saturated heterocycles. The van der Waals surface area contributed by atoms with Gasteiger partial charge in [0.1, 0.15) is 5.75 Å². The smallest absolute Gasteiger partial charge is 0.260 e. The molecule has 1 fully saturated rings. The molecule has 1 aromatic rings. The van der Waals surface area contributed by atoms with E-state index in [0.717, 1.165) is 12.8 Å². The third-order valence-corrected chi connectivity index (χ3v) is 4.96. The molecule has 2 aliphatic rings. The number of piperidine rings is 1. The van der Waals surface area contributed by atoms with Crippen LogP contribution in [0.4, 0.5) is 0 Å². The Labute approximate surface area is 141 Å². The number of rotatable bonds is 4. The second-order valence-corrected chi connectivity index (χ2v) is 6.74. The summed E-state index contributed by atoms with van der Waals surface area (Å²) in [6.45, 7) is 0.338. The normalized spacial score (nSPS) is 23.5. The Balaban J connectivity index is 1.58. The molecule has 6 heteroatoms. The SMILES string of the molecule is NC(=O)[C@@]1(O)CCCN(C(=O)COc2ccc3c(c2)CCCC3)C1. The van der Waals surface area contributed by atoms with Crippen LogP contribution in [0.2, 0.25) is 0 Å². The Hall–Kier alpha value is -2.08. The number of carbonyl (C=O) groups is 2. The van der Waals surface area contributed by atoms with Crippen molar-refractivity contribution >= 4 is 11.8 Å². The highest BCUT2D eigenvalue weighted by atomic mass is 16.5. The average molecular weight is 332 g/mol. The number of ether oxygens (including phenoxy) is 1. The second kappa shape index (κ2) is 6.81. The molecule has 0 radical (unpaired) electrons. The quantitative estimate of drug-likeness (QED) is 0.852. The number of β-amino-alcohol motifs (C(OH)–C–C–N with tert-alkyl or cyclic N) is 1. The average Bonchev–Trinajstić information content (AvgIpc) is 2.59. The molecule has 0 aromatic heterocycles. The van der Waals surface area contributed by atoms with Gasteiger partial charge in [0.2, 0.25) is 0 Å². The predicted octanol–water partition coefficient (Wildman–Crippen LogP) is 0.783. The van der Waals surface area contributed by atoms with Crippen molar-refractivity contribution in [3.8, 4) is 5.75 Å². The van der Waals surface area contributed by atoms with Crippen molar-refractivity contribution in [2.24, 2.45) is 5.73 Å². The van der Waals surface area contributed by atoms with Crippen LogP contribution in [0.5, 0.6) is 5.75 Å². The lowest BCUT2D eigenvalue weighted by atomic mass is 9.92. The Kier molecular flexibility index (Phi) is 4.76. The topological polar surface area (TPSA) is 92.9 Å². The minimum atomic E-state index is -1.63. The summed E-state index contributed by atoms with van der Waals surface area (Å²) in [5.74, 6) is -0.339. The van der Waals surface area contributed by atoms with Crippen LogP contribution in [0.25, 0.3) is 0 Å². The maximum absolute atomic E-state index is 12.3. The van der Waals surface area contributed by atoms with Gasteiger partial charge in [-0.05, 0) is 61.8 Å². The largest absolute Gasteiger partial charge is 0.484 e. The third kappa shape index (κ3) is 3.53. The van der Waals surface area contributed by atoms with Gasteiger partial charge in [-0.25, -0.2) is 0 Å². The summed E-state index contributed by atoms with van der Waals surface area (Å²) in [5, 5.41) is 10.2. The van der Waals surface area contributed by atoms with Crippen molar-refractivity contribution < 1.29 is 19.4 Å². The van der Waals surface area contributed by atoms with Crippen molar-refractivity contribution in [3.05, 3.63) is 29.3 Å². The number of aryl methyl sites for hydroxylation is 2. The molecule has 6 nitrogen and oxygen atoms in total. The van der Waals surface area contributed by atoms with Crippen LogP contribution in [-0.2, 0) is 22.4 Å². The second-order valence-electron chi connectivity index (χ2n) is 6.74. The van der Waals surface area contributed by atoms with Gasteiger partial charge in [0, 0.05) is 6.54 Å². The molecule has 1 aliphatic carbocycles. The minimum Gasteiger partial charge on any atom is -0.484 e. The van der Waals surface area contributed by atoms with Gasteiger partial charge in [-0.15, -0.1) is 0 Å². The van der Waals surface area contributed by atoms with E-state index in [-0.39, 0.29) is 25.5 Å². The third-order valence-electron chi connectivity index (χ3n) is 4.96. The van der Waals surface area contributed by atoms with Gasteiger partial charge in [-0.3, -0.25) is 9.59 Å². The summed E-state index contributed by atoms with van der Waals surface area (Å²) in [5.41, 5.74) is 6.27. The molecular weight excluding hydrogens is 308 g/mol.